The van der Waals surface area contributed by atoms with Gasteiger partial charge < -0.3 is 15.2 Å². The minimum absolute atomic E-state index is 0.154. The van der Waals surface area contributed by atoms with Crippen LogP contribution in [0.3, 0.4) is 0 Å². The van der Waals surface area contributed by atoms with Gasteiger partial charge in [0.05, 0.1) is 6.04 Å². The molecule has 2 N–H and O–H groups in total. The summed E-state index contributed by atoms with van der Waals surface area (Å²) >= 11 is 0.818. The highest BCUT2D eigenvalue weighted by molar-refractivity contribution is 7.09. The summed E-state index contributed by atoms with van der Waals surface area (Å²) in [7, 11) is 0. The van der Waals surface area contributed by atoms with Gasteiger partial charge in [-0.25, -0.2) is 9.78 Å². The highest BCUT2D eigenvalue weighted by Gasteiger charge is 2.37. The fourth-order valence-electron chi connectivity index (χ4n) is 2.19. The molecule has 2 heterocycles. The normalized spacial score (nSPS) is 22.8. The lowest BCUT2D eigenvalue weighted by molar-refractivity contribution is -0.152. The fourth-order valence-corrected chi connectivity index (χ4v) is 3.15. The Balaban J connectivity index is 2.01. The lowest BCUT2D eigenvalue weighted by atomic mass is 10.1. The Labute approximate surface area is 133 Å². The van der Waals surface area contributed by atoms with Crippen molar-refractivity contribution in [1.82, 2.24) is 10.3 Å². The molecule has 0 radical (unpaired) electrons. The minimum atomic E-state index is -4.53. The van der Waals surface area contributed by atoms with E-state index in [0.717, 1.165) is 16.7 Å². The number of carboxylic acid groups (broad SMARTS) is 1. The van der Waals surface area contributed by atoms with E-state index in [0.29, 0.717) is 6.42 Å². The number of amides is 1. The van der Waals surface area contributed by atoms with E-state index >= 15 is 0 Å². The van der Waals surface area contributed by atoms with Crippen LogP contribution in [0.4, 0.5) is 13.2 Å². The first-order chi connectivity index (χ1) is 10.7. The van der Waals surface area contributed by atoms with Crippen molar-refractivity contribution in [1.29, 1.82) is 0 Å². The van der Waals surface area contributed by atoms with Crippen LogP contribution in [0.25, 0.3) is 0 Å². The van der Waals surface area contributed by atoms with Gasteiger partial charge in [0.1, 0.15) is 11.1 Å². The lowest BCUT2D eigenvalue weighted by Crippen LogP contribution is -2.37. The zero-order chi connectivity index (χ0) is 17.2. The van der Waals surface area contributed by atoms with E-state index in [1.54, 1.807) is 6.92 Å². The number of halogens is 3. The van der Waals surface area contributed by atoms with E-state index in [4.69, 9.17) is 9.84 Å². The molecule has 0 saturated carbocycles. The number of nitrogens with one attached hydrogen (secondary N) is 1. The first kappa shape index (κ1) is 17.7. The van der Waals surface area contributed by atoms with E-state index in [1.165, 1.54) is 0 Å². The second kappa shape index (κ2) is 6.83. The summed E-state index contributed by atoms with van der Waals surface area (Å²) < 4.78 is 42.8. The SMILES string of the molecule is CCC(NC(=O)[C@@H]1CC[C@H](C(=O)O)O1)c1nc(C(F)(F)F)cs1. The molecule has 23 heavy (non-hydrogen) atoms. The molecular formula is C13H15F3N2O4S. The van der Waals surface area contributed by atoms with Crippen molar-refractivity contribution in [3.05, 3.63) is 16.1 Å². The van der Waals surface area contributed by atoms with E-state index in [1.807, 2.05) is 0 Å². The first-order valence-electron chi connectivity index (χ1n) is 6.93. The molecule has 1 aromatic heterocycles. The molecule has 128 valence electrons. The molecule has 0 aromatic carbocycles. The summed E-state index contributed by atoms with van der Waals surface area (Å²) in [6.07, 6.45) is -5.63. The quantitative estimate of drug-likeness (QED) is 0.849. The molecule has 0 aliphatic carbocycles. The molecule has 1 amide bonds. The monoisotopic (exact) mass is 352 g/mol. The third kappa shape index (κ3) is 4.20. The smallest absolute Gasteiger partial charge is 0.434 e. The molecule has 0 bridgehead atoms. The summed E-state index contributed by atoms with van der Waals surface area (Å²) in [6, 6.07) is -0.670. The number of nitrogens with zero attached hydrogens (tertiary/aromatic N) is 1. The summed E-state index contributed by atoms with van der Waals surface area (Å²) in [5, 5.41) is 12.5. The Morgan fingerprint density at radius 2 is 2.13 bits per heavy atom. The number of hydrogen-bond donors (Lipinski definition) is 2. The van der Waals surface area contributed by atoms with Crippen LogP contribution in [0.2, 0.25) is 0 Å². The van der Waals surface area contributed by atoms with Crippen molar-refractivity contribution < 1.29 is 32.6 Å². The van der Waals surface area contributed by atoms with Gasteiger partial charge >= 0.3 is 12.1 Å². The van der Waals surface area contributed by atoms with Gasteiger partial charge in [-0.2, -0.15) is 13.2 Å². The average Bonchev–Trinajstić information content (AvgIpc) is 3.12. The number of rotatable bonds is 5. The van der Waals surface area contributed by atoms with Crippen molar-refractivity contribution in [2.24, 2.45) is 0 Å². The van der Waals surface area contributed by atoms with Crippen LogP contribution in [0.1, 0.15) is 42.9 Å². The molecule has 1 unspecified atom stereocenters. The molecule has 1 aromatic rings. The molecule has 10 heteroatoms. The van der Waals surface area contributed by atoms with Crippen molar-refractivity contribution in [2.45, 2.75) is 50.6 Å². The molecule has 2 rings (SSSR count). The van der Waals surface area contributed by atoms with Crippen molar-refractivity contribution in [3.63, 3.8) is 0 Å². The standard InChI is InChI=1S/C13H15F3N2O4S/c1-2-6(11-18-9(5-23-11)13(14,15)16)17-10(19)7-3-4-8(22-7)12(20)21/h5-8H,2-4H2,1H3,(H,17,19)(H,20,21)/t6?,7-,8+/m0/s1. The van der Waals surface area contributed by atoms with Gasteiger partial charge in [0.25, 0.3) is 0 Å². The number of carboxylic acids is 1. The van der Waals surface area contributed by atoms with Crippen LogP contribution >= 0.6 is 11.3 Å². The van der Waals surface area contributed by atoms with E-state index in [-0.39, 0.29) is 17.8 Å². The number of aromatic nitrogens is 1. The molecule has 1 fully saturated rings. The molecule has 1 aliphatic heterocycles. The molecule has 6 nitrogen and oxygen atoms in total. The summed E-state index contributed by atoms with van der Waals surface area (Å²) in [5.41, 5.74) is -0.992. The maximum atomic E-state index is 12.6. The number of aliphatic carboxylic acids is 1. The van der Waals surface area contributed by atoms with Gasteiger partial charge in [0, 0.05) is 5.38 Å². The molecule has 0 spiro atoms. The number of thiazole rings is 1. The number of carbonyl (C=O) groups is 2. The van der Waals surface area contributed by atoms with E-state index < -0.39 is 42.0 Å². The second-order valence-corrected chi connectivity index (χ2v) is 5.96. The molecule has 1 saturated heterocycles. The highest BCUT2D eigenvalue weighted by Crippen LogP contribution is 2.32. The van der Waals surface area contributed by atoms with Crippen molar-refractivity contribution in [2.75, 3.05) is 0 Å². The van der Waals surface area contributed by atoms with Crippen LogP contribution < -0.4 is 5.32 Å². The lowest BCUT2D eigenvalue weighted by Gasteiger charge is -2.17. The third-order valence-corrected chi connectivity index (χ3v) is 4.38. The predicted octanol–water partition coefficient (Wildman–Crippen LogP) is 2.36. The van der Waals surface area contributed by atoms with Crippen LogP contribution in [0.5, 0.6) is 0 Å². The molecule has 1 aliphatic rings. The van der Waals surface area contributed by atoms with Crippen LogP contribution in [0, 0.1) is 0 Å². The van der Waals surface area contributed by atoms with Gasteiger partial charge in [-0.15, -0.1) is 11.3 Å². The maximum Gasteiger partial charge on any atom is 0.434 e. The topological polar surface area (TPSA) is 88.5 Å². The number of hydrogen-bond acceptors (Lipinski definition) is 5. The third-order valence-electron chi connectivity index (χ3n) is 3.42. The van der Waals surface area contributed by atoms with Crippen LogP contribution in [-0.4, -0.2) is 34.2 Å². The zero-order valence-electron chi connectivity index (χ0n) is 12.1. The van der Waals surface area contributed by atoms with Crippen molar-refractivity contribution in [3.8, 4) is 0 Å². The van der Waals surface area contributed by atoms with Gasteiger partial charge in [-0.1, -0.05) is 6.92 Å². The van der Waals surface area contributed by atoms with Gasteiger partial charge in [0.2, 0.25) is 5.91 Å². The van der Waals surface area contributed by atoms with Crippen LogP contribution in [0.15, 0.2) is 5.38 Å². The Morgan fingerprint density at radius 1 is 1.48 bits per heavy atom. The minimum Gasteiger partial charge on any atom is -0.479 e. The number of ether oxygens (including phenoxy) is 1. The molecule has 3 atom stereocenters. The Hall–Kier alpha value is -1.68. The fraction of sp³-hybridized carbons (Fsp3) is 0.615. The van der Waals surface area contributed by atoms with Gasteiger partial charge in [-0.05, 0) is 19.3 Å². The Bertz CT molecular complexity index is 590. The maximum absolute atomic E-state index is 12.6. The summed E-state index contributed by atoms with van der Waals surface area (Å²) in [4.78, 5) is 26.4. The first-order valence-corrected chi connectivity index (χ1v) is 7.81. The highest BCUT2D eigenvalue weighted by atomic mass is 32.1. The number of carbonyl (C=O) groups excluding carboxylic acids is 1. The summed E-state index contributed by atoms with van der Waals surface area (Å²) in [5.74, 6) is -1.67. The number of alkyl halides is 3. The average molecular weight is 352 g/mol. The predicted molar refractivity (Wildman–Crippen MR) is 73.8 cm³/mol. The van der Waals surface area contributed by atoms with E-state index in [9.17, 15) is 22.8 Å². The summed E-state index contributed by atoms with van der Waals surface area (Å²) in [6.45, 7) is 1.70. The van der Waals surface area contributed by atoms with Gasteiger partial charge in [0.15, 0.2) is 11.8 Å². The van der Waals surface area contributed by atoms with E-state index in [2.05, 4.69) is 10.3 Å². The largest absolute Gasteiger partial charge is 0.479 e. The Morgan fingerprint density at radius 3 is 2.61 bits per heavy atom. The zero-order valence-corrected chi connectivity index (χ0v) is 12.9. The van der Waals surface area contributed by atoms with Gasteiger partial charge in [-0.3, -0.25) is 4.79 Å². The van der Waals surface area contributed by atoms with Crippen LogP contribution in [-0.2, 0) is 20.5 Å². The molecular weight excluding hydrogens is 337 g/mol. The second-order valence-electron chi connectivity index (χ2n) is 5.07. The Kier molecular flexibility index (Phi) is 5.25. The van der Waals surface area contributed by atoms with Crippen molar-refractivity contribution >= 4 is 23.2 Å².